The molecule has 1 aromatic rings. The summed E-state index contributed by atoms with van der Waals surface area (Å²) < 4.78 is 1.14. The predicted octanol–water partition coefficient (Wildman–Crippen LogP) is 4.17. The summed E-state index contributed by atoms with van der Waals surface area (Å²) in [5.74, 6) is 1.68. The third-order valence-electron chi connectivity index (χ3n) is 4.35. The fourth-order valence-electron chi connectivity index (χ4n) is 3.08. The second-order valence-corrected chi connectivity index (χ2v) is 6.72. The molecule has 2 N–H and O–H groups in total. The van der Waals surface area contributed by atoms with Crippen molar-refractivity contribution < 1.29 is 0 Å². The van der Waals surface area contributed by atoms with Crippen LogP contribution in [0.1, 0.15) is 38.7 Å². The molecule has 1 aliphatic rings. The number of benzene rings is 1. The number of hydrogen-bond donors (Lipinski definition) is 1. The lowest BCUT2D eigenvalue weighted by Crippen LogP contribution is -2.26. The van der Waals surface area contributed by atoms with Crippen molar-refractivity contribution in [2.24, 2.45) is 17.6 Å². The quantitative estimate of drug-likeness (QED) is 0.904. The normalized spacial score (nSPS) is 20.7. The van der Waals surface area contributed by atoms with Gasteiger partial charge in [0.2, 0.25) is 0 Å². The number of rotatable bonds is 3. The highest BCUT2D eigenvalue weighted by atomic mass is 79.9. The molecule has 1 heterocycles. The van der Waals surface area contributed by atoms with E-state index >= 15 is 0 Å². The molecular weight excluding hydrogens is 300 g/mol. The Hall–Kier alpha value is -0.540. The summed E-state index contributed by atoms with van der Waals surface area (Å²) in [6, 6.07) is 6.41. The van der Waals surface area contributed by atoms with Gasteiger partial charge in [0.25, 0.3) is 0 Å². The highest BCUT2D eigenvalue weighted by molar-refractivity contribution is 9.10. The van der Waals surface area contributed by atoms with E-state index in [4.69, 9.17) is 5.73 Å². The largest absolute Gasteiger partial charge is 0.371 e. The zero-order valence-corrected chi connectivity index (χ0v) is 13.6. The van der Waals surface area contributed by atoms with Crippen molar-refractivity contribution in [2.45, 2.75) is 39.7 Å². The van der Waals surface area contributed by atoms with Crippen LogP contribution < -0.4 is 10.6 Å². The summed E-state index contributed by atoms with van der Waals surface area (Å²) >= 11 is 3.62. The molecule has 1 atom stereocenters. The van der Waals surface area contributed by atoms with Gasteiger partial charge in [-0.3, -0.25) is 0 Å². The van der Waals surface area contributed by atoms with Gasteiger partial charge in [-0.2, -0.15) is 0 Å². The molecule has 0 aromatic heterocycles. The Morgan fingerprint density at radius 1 is 1.32 bits per heavy atom. The summed E-state index contributed by atoms with van der Waals surface area (Å²) in [5, 5.41) is 0. The van der Waals surface area contributed by atoms with Crippen LogP contribution in [0.2, 0.25) is 0 Å². The van der Waals surface area contributed by atoms with E-state index in [9.17, 15) is 0 Å². The summed E-state index contributed by atoms with van der Waals surface area (Å²) in [6.45, 7) is 7.62. The molecule has 0 bridgehead atoms. The smallest absolute Gasteiger partial charge is 0.0423 e. The van der Waals surface area contributed by atoms with Crippen LogP contribution in [-0.2, 0) is 6.54 Å². The van der Waals surface area contributed by atoms with Crippen molar-refractivity contribution in [1.29, 1.82) is 0 Å². The Balaban J connectivity index is 2.16. The first-order valence-electron chi connectivity index (χ1n) is 7.36. The molecule has 1 saturated heterocycles. The second kappa shape index (κ2) is 6.76. The fourth-order valence-corrected chi connectivity index (χ4v) is 3.59. The molecule has 0 amide bonds. The highest BCUT2D eigenvalue weighted by Crippen LogP contribution is 2.31. The van der Waals surface area contributed by atoms with Gasteiger partial charge in [0.15, 0.2) is 0 Å². The molecule has 1 aromatic carbocycles. The molecule has 0 aliphatic carbocycles. The number of hydrogen-bond acceptors (Lipinski definition) is 2. The molecule has 2 rings (SSSR count). The third-order valence-corrected chi connectivity index (χ3v) is 5.10. The molecule has 1 unspecified atom stereocenters. The van der Waals surface area contributed by atoms with E-state index in [-0.39, 0.29) is 0 Å². The minimum Gasteiger partial charge on any atom is -0.371 e. The van der Waals surface area contributed by atoms with Crippen LogP contribution in [0, 0.1) is 11.8 Å². The van der Waals surface area contributed by atoms with Crippen LogP contribution >= 0.6 is 15.9 Å². The lowest BCUT2D eigenvalue weighted by atomic mass is 9.89. The van der Waals surface area contributed by atoms with Crippen molar-refractivity contribution >= 4 is 21.6 Å². The topological polar surface area (TPSA) is 29.3 Å². The second-order valence-electron chi connectivity index (χ2n) is 5.86. The number of nitrogens with two attached hydrogens (primary N) is 1. The van der Waals surface area contributed by atoms with Crippen LogP contribution in [0.5, 0.6) is 0 Å². The monoisotopic (exact) mass is 324 g/mol. The number of anilines is 1. The zero-order chi connectivity index (χ0) is 13.8. The summed E-state index contributed by atoms with van der Waals surface area (Å²) in [7, 11) is 0. The maximum Gasteiger partial charge on any atom is 0.0423 e. The average Bonchev–Trinajstić information content (AvgIpc) is 2.64. The van der Waals surface area contributed by atoms with E-state index in [1.54, 1.807) is 0 Å². The number of nitrogens with zero attached hydrogens (tertiary/aromatic N) is 1. The first-order chi connectivity index (χ1) is 9.13. The van der Waals surface area contributed by atoms with Gasteiger partial charge in [0.05, 0.1) is 0 Å². The van der Waals surface area contributed by atoms with Crippen molar-refractivity contribution in [2.75, 3.05) is 18.0 Å². The molecular formula is C16H25BrN2. The van der Waals surface area contributed by atoms with Crippen molar-refractivity contribution in [3.8, 4) is 0 Å². The Labute approximate surface area is 125 Å². The van der Waals surface area contributed by atoms with Gasteiger partial charge in [-0.25, -0.2) is 0 Å². The summed E-state index contributed by atoms with van der Waals surface area (Å²) in [4.78, 5) is 2.52. The van der Waals surface area contributed by atoms with Crippen LogP contribution in [-0.4, -0.2) is 13.1 Å². The van der Waals surface area contributed by atoms with E-state index in [1.807, 2.05) is 0 Å². The standard InChI is InChI=1S/C16H25BrN2/c1-12(2)13-5-4-9-19(10-8-13)16-7-3-6-15(17)14(16)11-18/h3,6-7,12-13H,4-5,8-11,18H2,1-2H3. The molecule has 106 valence electrons. The molecule has 0 saturated carbocycles. The molecule has 19 heavy (non-hydrogen) atoms. The summed E-state index contributed by atoms with van der Waals surface area (Å²) in [5.41, 5.74) is 8.48. The molecule has 0 radical (unpaired) electrons. The Morgan fingerprint density at radius 2 is 2.11 bits per heavy atom. The highest BCUT2D eigenvalue weighted by Gasteiger charge is 2.21. The van der Waals surface area contributed by atoms with Gasteiger partial charge in [-0.1, -0.05) is 35.8 Å². The molecule has 2 nitrogen and oxygen atoms in total. The van der Waals surface area contributed by atoms with Crippen LogP contribution in [0.15, 0.2) is 22.7 Å². The molecule has 1 fully saturated rings. The van der Waals surface area contributed by atoms with Gasteiger partial charge in [0, 0.05) is 35.4 Å². The first kappa shape index (κ1) is 14.9. The van der Waals surface area contributed by atoms with Crippen molar-refractivity contribution in [3.63, 3.8) is 0 Å². The predicted molar refractivity (Wildman–Crippen MR) is 86.4 cm³/mol. The number of halogens is 1. The van der Waals surface area contributed by atoms with Crippen LogP contribution in [0.25, 0.3) is 0 Å². The average molecular weight is 325 g/mol. The maximum absolute atomic E-state index is 5.92. The van der Waals surface area contributed by atoms with Gasteiger partial charge in [-0.15, -0.1) is 0 Å². The van der Waals surface area contributed by atoms with Crippen LogP contribution in [0.3, 0.4) is 0 Å². The fraction of sp³-hybridized carbons (Fsp3) is 0.625. The minimum atomic E-state index is 0.598. The van der Waals surface area contributed by atoms with Crippen LogP contribution in [0.4, 0.5) is 5.69 Å². The minimum absolute atomic E-state index is 0.598. The van der Waals surface area contributed by atoms with Gasteiger partial charge in [0.1, 0.15) is 0 Å². The van der Waals surface area contributed by atoms with E-state index in [0.717, 1.165) is 29.4 Å². The molecule has 0 spiro atoms. The lowest BCUT2D eigenvalue weighted by molar-refractivity contribution is 0.351. The first-order valence-corrected chi connectivity index (χ1v) is 8.15. The Bertz CT molecular complexity index is 417. The maximum atomic E-state index is 5.92. The van der Waals surface area contributed by atoms with Crippen molar-refractivity contribution in [1.82, 2.24) is 0 Å². The van der Waals surface area contributed by atoms with E-state index in [2.05, 4.69) is 52.9 Å². The van der Waals surface area contributed by atoms with Gasteiger partial charge < -0.3 is 10.6 Å². The summed E-state index contributed by atoms with van der Waals surface area (Å²) in [6.07, 6.45) is 3.95. The SMILES string of the molecule is CC(C)C1CCCN(c2cccc(Br)c2CN)CC1. The van der Waals surface area contributed by atoms with E-state index in [1.165, 1.54) is 30.5 Å². The molecule has 1 aliphatic heterocycles. The van der Waals surface area contributed by atoms with E-state index < -0.39 is 0 Å². The Morgan fingerprint density at radius 3 is 2.79 bits per heavy atom. The van der Waals surface area contributed by atoms with Gasteiger partial charge in [-0.05, 0) is 43.2 Å². The Kier molecular flexibility index (Phi) is 5.28. The third kappa shape index (κ3) is 3.51. The zero-order valence-electron chi connectivity index (χ0n) is 12.0. The lowest BCUT2D eigenvalue weighted by Gasteiger charge is -2.26. The van der Waals surface area contributed by atoms with Gasteiger partial charge >= 0.3 is 0 Å². The molecule has 3 heteroatoms. The van der Waals surface area contributed by atoms with Crippen molar-refractivity contribution in [3.05, 3.63) is 28.2 Å². The van der Waals surface area contributed by atoms with E-state index in [0.29, 0.717) is 6.54 Å².